The summed E-state index contributed by atoms with van der Waals surface area (Å²) in [6, 6.07) is 7.70. The summed E-state index contributed by atoms with van der Waals surface area (Å²) in [6.07, 6.45) is 2.47. The van der Waals surface area contributed by atoms with Crippen molar-refractivity contribution in [3.05, 3.63) is 61.6 Å². The summed E-state index contributed by atoms with van der Waals surface area (Å²) in [5.41, 5.74) is 1.41. The van der Waals surface area contributed by atoms with E-state index in [-0.39, 0.29) is 16.1 Å². The van der Waals surface area contributed by atoms with Gasteiger partial charge in [0, 0.05) is 0 Å². The highest BCUT2D eigenvalue weighted by Gasteiger charge is 2.29. The average molecular weight is 382 g/mol. The molecule has 130 valence electrons. The molecule has 1 aliphatic rings. The minimum Gasteiger partial charge on any atom is -0.458 e. The quantitative estimate of drug-likeness (QED) is 0.262. The lowest BCUT2D eigenvalue weighted by Gasteiger charge is -2.23. The first-order valence-corrected chi connectivity index (χ1v) is 8.33. The smallest absolute Gasteiger partial charge is 0.331 e. The number of esters is 1. The zero-order chi connectivity index (χ0) is 18.0. The fraction of sp³-hybridized carbons (Fsp3) is 0.312. The number of rotatable bonds is 4. The Balaban J connectivity index is 1.79. The molecule has 0 aliphatic heterocycles. The van der Waals surface area contributed by atoms with E-state index < -0.39 is 29.1 Å². The van der Waals surface area contributed by atoms with E-state index in [0.717, 1.165) is 24.0 Å². The third-order valence-corrected chi connectivity index (χ3v) is 4.51. The Morgan fingerprint density at radius 1 is 1.32 bits per heavy atom. The molecule has 1 heterocycles. The molecule has 1 atom stereocenters. The molecule has 9 heteroatoms. The number of halogens is 2. The van der Waals surface area contributed by atoms with Crippen molar-refractivity contribution < 1.29 is 14.5 Å². The van der Waals surface area contributed by atoms with Crippen molar-refractivity contribution in [2.45, 2.75) is 31.8 Å². The zero-order valence-electron chi connectivity index (χ0n) is 12.9. The van der Waals surface area contributed by atoms with Crippen LogP contribution in [0.25, 0.3) is 0 Å². The molecule has 0 amide bonds. The van der Waals surface area contributed by atoms with Crippen LogP contribution in [0.15, 0.2) is 24.3 Å². The Morgan fingerprint density at radius 3 is 2.84 bits per heavy atom. The van der Waals surface area contributed by atoms with Gasteiger partial charge in [-0.1, -0.05) is 35.9 Å². The molecule has 0 radical (unpaired) electrons. The van der Waals surface area contributed by atoms with Crippen LogP contribution in [0.4, 0.5) is 5.69 Å². The van der Waals surface area contributed by atoms with Crippen LogP contribution in [0.5, 0.6) is 0 Å². The first-order valence-electron chi connectivity index (χ1n) is 7.58. The number of ether oxygens (including phenoxy) is 1. The highest BCUT2D eigenvalue weighted by molar-refractivity contribution is 6.33. The maximum Gasteiger partial charge on any atom is 0.331 e. The highest BCUT2D eigenvalue weighted by Crippen LogP contribution is 2.33. The minimum absolute atomic E-state index is 0.132. The van der Waals surface area contributed by atoms with E-state index in [0.29, 0.717) is 6.42 Å². The Bertz CT molecular complexity index is 844. The lowest BCUT2D eigenvalue weighted by atomic mass is 9.83. The van der Waals surface area contributed by atoms with Gasteiger partial charge in [0.15, 0.2) is 5.69 Å². The number of aromatic nitrogens is 2. The molecule has 1 aliphatic carbocycles. The SMILES string of the molecule is O=C(OCc1nc(Cl)nc(Cl)c1[N+](=O)[O-])C1CCCc2ccccc21. The second-order valence-electron chi connectivity index (χ2n) is 5.59. The number of hydrogen-bond acceptors (Lipinski definition) is 6. The van der Waals surface area contributed by atoms with Gasteiger partial charge >= 0.3 is 11.7 Å². The van der Waals surface area contributed by atoms with Gasteiger partial charge in [0.25, 0.3) is 0 Å². The molecule has 1 unspecified atom stereocenters. The lowest BCUT2D eigenvalue weighted by Crippen LogP contribution is -2.21. The summed E-state index contributed by atoms with van der Waals surface area (Å²) >= 11 is 11.4. The monoisotopic (exact) mass is 381 g/mol. The molecule has 0 saturated heterocycles. The fourth-order valence-corrected chi connectivity index (χ4v) is 3.45. The second kappa shape index (κ2) is 7.33. The molecule has 1 aromatic heterocycles. The minimum atomic E-state index is -0.724. The van der Waals surface area contributed by atoms with E-state index in [2.05, 4.69) is 9.97 Å². The zero-order valence-corrected chi connectivity index (χ0v) is 14.5. The second-order valence-corrected chi connectivity index (χ2v) is 6.28. The summed E-state index contributed by atoms with van der Waals surface area (Å²) in [5.74, 6) is -0.843. The third-order valence-electron chi connectivity index (χ3n) is 4.07. The van der Waals surface area contributed by atoms with Crippen molar-refractivity contribution in [3.8, 4) is 0 Å². The Labute approximate surface area is 153 Å². The van der Waals surface area contributed by atoms with Crippen LogP contribution in [0.3, 0.4) is 0 Å². The Morgan fingerprint density at radius 2 is 2.08 bits per heavy atom. The number of benzene rings is 1. The van der Waals surface area contributed by atoms with Gasteiger partial charge in [-0.25, -0.2) is 4.98 Å². The number of hydrogen-bond donors (Lipinski definition) is 0. The summed E-state index contributed by atoms with van der Waals surface area (Å²) in [4.78, 5) is 30.2. The normalized spacial score (nSPS) is 16.2. The molecule has 0 saturated carbocycles. The summed E-state index contributed by atoms with van der Waals surface area (Å²) < 4.78 is 5.27. The van der Waals surface area contributed by atoms with E-state index in [4.69, 9.17) is 27.9 Å². The summed E-state index contributed by atoms with van der Waals surface area (Å²) in [7, 11) is 0. The van der Waals surface area contributed by atoms with Crippen molar-refractivity contribution in [3.63, 3.8) is 0 Å². The van der Waals surface area contributed by atoms with Crippen LogP contribution in [0, 0.1) is 10.1 Å². The van der Waals surface area contributed by atoms with Crippen LogP contribution in [-0.4, -0.2) is 20.9 Å². The molecule has 2 aromatic rings. The van der Waals surface area contributed by atoms with Crippen LogP contribution in [0.1, 0.15) is 35.6 Å². The van der Waals surface area contributed by atoms with E-state index in [9.17, 15) is 14.9 Å². The van der Waals surface area contributed by atoms with Crippen LogP contribution in [0.2, 0.25) is 10.4 Å². The average Bonchev–Trinajstić information content (AvgIpc) is 2.58. The van der Waals surface area contributed by atoms with Gasteiger partial charge in [-0.3, -0.25) is 14.9 Å². The Kier molecular flexibility index (Phi) is 5.15. The van der Waals surface area contributed by atoms with Crippen LogP contribution in [-0.2, 0) is 22.6 Å². The number of fused-ring (bicyclic) bond motifs is 1. The van der Waals surface area contributed by atoms with Crippen molar-refractivity contribution in [2.75, 3.05) is 0 Å². The maximum absolute atomic E-state index is 12.5. The van der Waals surface area contributed by atoms with Gasteiger partial charge in [-0.05, 0) is 42.0 Å². The van der Waals surface area contributed by atoms with Gasteiger partial charge in [-0.15, -0.1) is 0 Å². The molecule has 0 spiro atoms. The molecule has 25 heavy (non-hydrogen) atoms. The van der Waals surface area contributed by atoms with Crippen molar-refractivity contribution >= 4 is 34.9 Å². The molecule has 1 aromatic carbocycles. The first kappa shape index (κ1) is 17.6. The largest absolute Gasteiger partial charge is 0.458 e. The highest BCUT2D eigenvalue weighted by atomic mass is 35.5. The summed E-state index contributed by atoms with van der Waals surface area (Å²) in [6.45, 7) is -0.393. The van der Waals surface area contributed by atoms with Gasteiger partial charge < -0.3 is 4.74 Å². The number of carbonyl (C=O) groups is 1. The molecule has 0 N–H and O–H groups in total. The van der Waals surface area contributed by atoms with Gasteiger partial charge in [0.1, 0.15) is 6.61 Å². The molecule has 3 rings (SSSR count). The van der Waals surface area contributed by atoms with Crippen LogP contribution < -0.4 is 0 Å². The molecule has 0 fully saturated rings. The van der Waals surface area contributed by atoms with E-state index in [1.165, 1.54) is 0 Å². The van der Waals surface area contributed by atoms with Crippen LogP contribution >= 0.6 is 23.2 Å². The topological polar surface area (TPSA) is 95.2 Å². The van der Waals surface area contributed by atoms with E-state index in [1.807, 2.05) is 24.3 Å². The van der Waals surface area contributed by atoms with E-state index >= 15 is 0 Å². The summed E-state index contributed by atoms with van der Waals surface area (Å²) in [5, 5.41) is 10.5. The number of nitro groups is 1. The molecule has 7 nitrogen and oxygen atoms in total. The van der Waals surface area contributed by atoms with Crippen molar-refractivity contribution in [2.24, 2.45) is 0 Å². The fourth-order valence-electron chi connectivity index (χ4n) is 2.96. The standard InChI is InChI=1S/C16H13Cl2N3O4/c17-14-13(21(23)24)12(19-16(18)20-14)8-25-15(22)11-7-3-5-9-4-1-2-6-10(9)11/h1-2,4,6,11H,3,5,7-8H2. The molecular weight excluding hydrogens is 369 g/mol. The van der Waals surface area contributed by atoms with Gasteiger partial charge in [0.2, 0.25) is 10.4 Å². The van der Waals surface area contributed by atoms with E-state index in [1.54, 1.807) is 0 Å². The van der Waals surface area contributed by atoms with Gasteiger partial charge in [-0.2, -0.15) is 4.98 Å². The number of carbonyl (C=O) groups excluding carboxylic acids is 1. The Hall–Kier alpha value is -2.25. The molecular formula is C16H13Cl2N3O4. The lowest BCUT2D eigenvalue weighted by molar-refractivity contribution is -0.386. The predicted octanol–water partition coefficient (Wildman–Crippen LogP) is 3.85. The van der Waals surface area contributed by atoms with Gasteiger partial charge in [0.05, 0.1) is 10.8 Å². The number of nitrogens with zero attached hydrogens (tertiary/aromatic N) is 3. The van der Waals surface area contributed by atoms with Crippen molar-refractivity contribution in [1.82, 2.24) is 9.97 Å². The van der Waals surface area contributed by atoms with Crippen molar-refractivity contribution in [1.29, 1.82) is 0 Å². The predicted molar refractivity (Wildman–Crippen MR) is 90.6 cm³/mol. The number of aryl methyl sites for hydroxylation is 1. The maximum atomic E-state index is 12.5. The third kappa shape index (κ3) is 3.72. The first-order chi connectivity index (χ1) is 12.0. The molecule has 0 bridgehead atoms.